The number of para-hydroxylation sites is 1. The number of nitrogens with one attached hydrogen (secondary N) is 1. The van der Waals surface area contributed by atoms with Crippen LogP contribution in [-0.2, 0) is 13.1 Å². The molecule has 0 saturated carbocycles. The third kappa shape index (κ3) is 3.24. The van der Waals surface area contributed by atoms with Gasteiger partial charge in [-0.3, -0.25) is 0 Å². The Balaban J connectivity index is 1.97. The number of aliphatic hydroxyl groups excluding tert-OH is 1. The van der Waals surface area contributed by atoms with Gasteiger partial charge in [0.2, 0.25) is 0 Å². The molecule has 0 aliphatic carbocycles. The zero-order chi connectivity index (χ0) is 12.8. The third-order valence-electron chi connectivity index (χ3n) is 2.48. The molecule has 2 rings (SSSR count). The second kappa shape index (κ2) is 6.42. The molecule has 0 fully saturated rings. The van der Waals surface area contributed by atoms with Gasteiger partial charge >= 0.3 is 0 Å². The highest BCUT2D eigenvalue weighted by molar-refractivity contribution is 7.98. The molecule has 6 heteroatoms. The highest BCUT2D eigenvalue weighted by Gasteiger charge is 2.03. The van der Waals surface area contributed by atoms with Crippen molar-refractivity contribution in [1.82, 2.24) is 15.0 Å². The largest absolute Gasteiger partial charge is 0.394 e. The van der Waals surface area contributed by atoms with E-state index in [9.17, 15) is 0 Å². The minimum atomic E-state index is 0.0749. The smallest absolute Gasteiger partial charge is 0.102 e. The maximum absolute atomic E-state index is 8.80. The SMILES string of the molecule is CSc1ccccc1NCc1cn(CCO)nn1. The number of hydrogen-bond donors (Lipinski definition) is 2. The number of anilines is 1. The molecule has 0 aliphatic rings. The van der Waals surface area contributed by atoms with Crippen LogP contribution in [0.2, 0.25) is 0 Å². The van der Waals surface area contributed by atoms with Crippen molar-refractivity contribution in [3.05, 3.63) is 36.2 Å². The first-order chi connectivity index (χ1) is 8.83. The van der Waals surface area contributed by atoms with Gasteiger partial charge in [-0.25, -0.2) is 4.68 Å². The van der Waals surface area contributed by atoms with E-state index >= 15 is 0 Å². The van der Waals surface area contributed by atoms with Gasteiger partial charge in [-0.1, -0.05) is 17.3 Å². The lowest BCUT2D eigenvalue weighted by Crippen LogP contribution is -2.02. The van der Waals surface area contributed by atoms with E-state index in [0.717, 1.165) is 11.4 Å². The number of aliphatic hydroxyl groups is 1. The van der Waals surface area contributed by atoms with E-state index in [1.165, 1.54) is 4.90 Å². The average Bonchev–Trinajstić information content (AvgIpc) is 2.85. The van der Waals surface area contributed by atoms with Crippen molar-refractivity contribution in [3.8, 4) is 0 Å². The van der Waals surface area contributed by atoms with Crippen LogP contribution in [0.1, 0.15) is 5.69 Å². The zero-order valence-corrected chi connectivity index (χ0v) is 11.0. The van der Waals surface area contributed by atoms with Crippen molar-refractivity contribution < 1.29 is 5.11 Å². The first kappa shape index (κ1) is 12.9. The number of hydrogen-bond acceptors (Lipinski definition) is 5. The fraction of sp³-hybridized carbons (Fsp3) is 0.333. The van der Waals surface area contributed by atoms with Crippen molar-refractivity contribution in [2.45, 2.75) is 18.0 Å². The molecule has 0 amide bonds. The van der Waals surface area contributed by atoms with Gasteiger partial charge in [0.25, 0.3) is 0 Å². The Morgan fingerprint density at radius 1 is 1.39 bits per heavy atom. The fourth-order valence-electron chi connectivity index (χ4n) is 1.61. The molecule has 5 nitrogen and oxygen atoms in total. The Morgan fingerprint density at radius 2 is 2.22 bits per heavy atom. The van der Waals surface area contributed by atoms with Crippen molar-refractivity contribution in [1.29, 1.82) is 0 Å². The maximum Gasteiger partial charge on any atom is 0.102 e. The fourth-order valence-corrected chi connectivity index (χ4v) is 2.18. The lowest BCUT2D eigenvalue weighted by Gasteiger charge is -2.08. The summed E-state index contributed by atoms with van der Waals surface area (Å²) in [5.74, 6) is 0. The number of rotatable bonds is 6. The molecule has 96 valence electrons. The molecule has 0 unspecified atom stereocenters. The summed E-state index contributed by atoms with van der Waals surface area (Å²) in [5.41, 5.74) is 1.96. The molecular formula is C12H16N4OS. The van der Waals surface area contributed by atoms with Crippen molar-refractivity contribution in [2.24, 2.45) is 0 Å². The van der Waals surface area contributed by atoms with Gasteiger partial charge in [0.05, 0.1) is 25.9 Å². The van der Waals surface area contributed by atoms with Gasteiger partial charge in [0.15, 0.2) is 0 Å². The molecular weight excluding hydrogens is 248 g/mol. The van der Waals surface area contributed by atoms with Crippen LogP contribution >= 0.6 is 11.8 Å². The van der Waals surface area contributed by atoms with Crippen molar-refractivity contribution in [3.63, 3.8) is 0 Å². The molecule has 2 N–H and O–H groups in total. The number of nitrogens with zero attached hydrogens (tertiary/aromatic N) is 3. The van der Waals surface area contributed by atoms with Crippen LogP contribution in [0.25, 0.3) is 0 Å². The van der Waals surface area contributed by atoms with E-state index in [2.05, 4.69) is 28.0 Å². The van der Waals surface area contributed by atoms with Crippen LogP contribution in [0.4, 0.5) is 5.69 Å². The highest BCUT2D eigenvalue weighted by atomic mass is 32.2. The summed E-state index contributed by atoms with van der Waals surface area (Å²) in [6, 6.07) is 8.15. The van der Waals surface area contributed by atoms with E-state index in [0.29, 0.717) is 13.1 Å². The Morgan fingerprint density at radius 3 is 3.00 bits per heavy atom. The van der Waals surface area contributed by atoms with E-state index in [1.54, 1.807) is 16.4 Å². The van der Waals surface area contributed by atoms with Gasteiger partial charge < -0.3 is 10.4 Å². The maximum atomic E-state index is 8.80. The highest BCUT2D eigenvalue weighted by Crippen LogP contribution is 2.24. The van der Waals surface area contributed by atoms with E-state index < -0.39 is 0 Å². The summed E-state index contributed by atoms with van der Waals surface area (Å²) in [7, 11) is 0. The molecule has 2 aromatic rings. The van der Waals surface area contributed by atoms with Crippen LogP contribution in [0.3, 0.4) is 0 Å². The Hall–Kier alpha value is -1.53. The summed E-state index contributed by atoms with van der Waals surface area (Å²) in [5, 5.41) is 20.1. The Bertz CT molecular complexity index is 500. The monoisotopic (exact) mass is 264 g/mol. The molecule has 0 atom stereocenters. The number of aromatic nitrogens is 3. The summed E-state index contributed by atoms with van der Waals surface area (Å²) >= 11 is 1.71. The van der Waals surface area contributed by atoms with Crippen molar-refractivity contribution in [2.75, 3.05) is 18.2 Å². The molecule has 0 spiro atoms. The summed E-state index contributed by atoms with van der Waals surface area (Å²) in [6.45, 7) is 1.18. The molecule has 0 radical (unpaired) electrons. The second-order valence-electron chi connectivity index (χ2n) is 3.75. The standard InChI is InChI=1S/C12H16N4OS/c1-18-12-5-3-2-4-11(12)13-8-10-9-16(6-7-17)15-14-10/h2-5,9,13,17H,6-8H2,1H3. The van der Waals surface area contributed by atoms with Crippen LogP contribution in [-0.4, -0.2) is 33.0 Å². The molecule has 1 aromatic carbocycles. The molecule has 0 aliphatic heterocycles. The first-order valence-corrected chi connectivity index (χ1v) is 6.92. The van der Waals surface area contributed by atoms with Gasteiger partial charge in [-0.05, 0) is 18.4 Å². The average molecular weight is 264 g/mol. The molecule has 18 heavy (non-hydrogen) atoms. The van der Waals surface area contributed by atoms with Crippen LogP contribution in [0, 0.1) is 0 Å². The molecule has 0 saturated heterocycles. The second-order valence-corrected chi connectivity index (χ2v) is 4.60. The van der Waals surface area contributed by atoms with E-state index in [4.69, 9.17) is 5.11 Å². The van der Waals surface area contributed by atoms with E-state index in [1.807, 2.05) is 24.4 Å². The molecule has 0 bridgehead atoms. The summed E-state index contributed by atoms with van der Waals surface area (Å²) in [4.78, 5) is 1.21. The minimum absolute atomic E-state index is 0.0749. The molecule has 1 aromatic heterocycles. The number of benzene rings is 1. The quantitative estimate of drug-likeness (QED) is 0.776. The lowest BCUT2D eigenvalue weighted by atomic mass is 10.3. The van der Waals surface area contributed by atoms with Gasteiger partial charge in [-0.15, -0.1) is 16.9 Å². The van der Waals surface area contributed by atoms with Gasteiger partial charge in [0, 0.05) is 10.6 Å². The predicted octanol–water partition coefficient (Wildman–Crippen LogP) is 1.60. The number of thioether (sulfide) groups is 1. The normalized spacial score (nSPS) is 10.6. The lowest BCUT2D eigenvalue weighted by molar-refractivity contribution is 0.268. The summed E-state index contributed by atoms with van der Waals surface area (Å²) in [6.07, 6.45) is 3.89. The summed E-state index contributed by atoms with van der Waals surface area (Å²) < 4.78 is 1.64. The van der Waals surface area contributed by atoms with Gasteiger partial charge in [-0.2, -0.15) is 0 Å². The Kier molecular flexibility index (Phi) is 4.60. The van der Waals surface area contributed by atoms with Crippen molar-refractivity contribution >= 4 is 17.4 Å². The topological polar surface area (TPSA) is 63.0 Å². The Labute approximate surface area is 110 Å². The minimum Gasteiger partial charge on any atom is -0.394 e. The predicted molar refractivity (Wildman–Crippen MR) is 72.7 cm³/mol. The van der Waals surface area contributed by atoms with Crippen LogP contribution < -0.4 is 5.32 Å². The zero-order valence-electron chi connectivity index (χ0n) is 10.2. The third-order valence-corrected chi connectivity index (χ3v) is 3.28. The van der Waals surface area contributed by atoms with E-state index in [-0.39, 0.29) is 6.61 Å². The van der Waals surface area contributed by atoms with Crippen LogP contribution in [0.15, 0.2) is 35.4 Å². The molecule has 1 heterocycles. The van der Waals surface area contributed by atoms with Crippen LogP contribution in [0.5, 0.6) is 0 Å². The first-order valence-electron chi connectivity index (χ1n) is 5.70. The van der Waals surface area contributed by atoms with Gasteiger partial charge in [0.1, 0.15) is 5.69 Å².